The van der Waals surface area contributed by atoms with Gasteiger partial charge < -0.3 is 5.11 Å². The molecule has 0 aliphatic heterocycles. The molecule has 1 atom stereocenters. The van der Waals surface area contributed by atoms with Gasteiger partial charge in [0.05, 0.1) is 6.10 Å². The van der Waals surface area contributed by atoms with Gasteiger partial charge in [-0.2, -0.15) is 0 Å². The Morgan fingerprint density at radius 1 is 1.00 bits per heavy atom. The van der Waals surface area contributed by atoms with Crippen LogP contribution in [0.5, 0.6) is 0 Å². The fourth-order valence-electron chi connectivity index (χ4n) is 0.988. The first kappa shape index (κ1) is 13.4. The average Bonchev–Trinajstić information content (AvgIpc) is 2.82. The van der Waals surface area contributed by atoms with Crippen molar-refractivity contribution in [2.75, 3.05) is 0 Å². The molecule has 2 aliphatic carbocycles. The second kappa shape index (κ2) is 7.81. The summed E-state index contributed by atoms with van der Waals surface area (Å²) in [7, 11) is 0. The molecule has 0 aromatic carbocycles. The number of rotatable bonds is 1. The van der Waals surface area contributed by atoms with Gasteiger partial charge in [0.25, 0.3) is 0 Å². The van der Waals surface area contributed by atoms with Gasteiger partial charge in [0.15, 0.2) is 0 Å². The third-order valence-electron chi connectivity index (χ3n) is 1.73. The summed E-state index contributed by atoms with van der Waals surface area (Å²) in [6, 6.07) is 0. The topological polar surface area (TPSA) is 20.2 Å². The maximum atomic E-state index is 8.91. The second-order valence-corrected chi connectivity index (χ2v) is 2.86. The van der Waals surface area contributed by atoms with E-state index in [0.717, 1.165) is 5.57 Å². The van der Waals surface area contributed by atoms with E-state index in [1.54, 1.807) is 6.92 Å². The first-order valence-corrected chi connectivity index (χ1v) is 4.37. The van der Waals surface area contributed by atoms with Gasteiger partial charge in [0, 0.05) is 29.9 Å². The molecule has 2 radical (unpaired) electrons. The van der Waals surface area contributed by atoms with Crippen LogP contribution < -0.4 is 0 Å². The molecule has 0 saturated heterocycles. The van der Waals surface area contributed by atoms with Gasteiger partial charge in [-0.3, -0.25) is 0 Å². The molecule has 0 saturated carbocycles. The summed E-state index contributed by atoms with van der Waals surface area (Å²) in [4.78, 5) is 0. The second-order valence-electron chi connectivity index (χ2n) is 2.86. The van der Waals surface area contributed by atoms with Crippen LogP contribution in [-0.2, 0) is 17.1 Å². The molecule has 2 rings (SSSR count). The summed E-state index contributed by atoms with van der Waals surface area (Å²) in [6.45, 7) is 1.76. The van der Waals surface area contributed by atoms with E-state index in [0.29, 0.717) is 0 Å². The molecule has 76 valence electrons. The van der Waals surface area contributed by atoms with Gasteiger partial charge in [0.1, 0.15) is 0 Å². The van der Waals surface area contributed by atoms with Crippen LogP contribution in [0, 0.1) is 12.8 Å². The molecule has 0 fully saturated rings. The van der Waals surface area contributed by atoms with E-state index in [1.165, 1.54) is 0 Å². The molecule has 2 aliphatic rings. The number of hydrogen-bond donors (Lipinski definition) is 1. The molecule has 0 amide bonds. The Bertz CT molecular complexity index is 249. The largest absolute Gasteiger partial charge is 0.389 e. The minimum atomic E-state index is -0.315. The van der Waals surface area contributed by atoms with E-state index in [-0.39, 0.29) is 23.2 Å². The zero-order valence-corrected chi connectivity index (χ0v) is 9.18. The standard InChI is InChI=1S/C7H9O.C5H5.Fe/c1-6(8)7-4-2-3-5-7;1-2-4-5-3-1;/h2-6,8H,1H3;1-5H;/t6-;;/m0../s1. The Morgan fingerprint density at radius 3 is 1.86 bits per heavy atom. The Morgan fingerprint density at radius 2 is 1.64 bits per heavy atom. The van der Waals surface area contributed by atoms with Crippen LogP contribution in [0.1, 0.15) is 6.92 Å². The molecule has 1 N–H and O–H groups in total. The van der Waals surface area contributed by atoms with Crippen molar-refractivity contribution in [1.82, 2.24) is 0 Å². The minimum Gasteiger partial charge on any atom is -0.389 e. The fourth-order valence-corrected chi connectivity index (χ4v) is 0.988. The van der Waals surface area contributed by atoms with Crippen molar-refractivity contribution in [3.63, 3.8) is 0 Å². The molecule has 0 heterocycles. The SMILES string of the molecule is C[C@H](O)C1=C[CH]C=C1.[CH]1C=CC=C1.[Fe]. The Hall–Kier alpha value is -0.561. The van der Waals surface area contributed by atoms with E-state index < -0.39 is 0 Å². The first-order valence-electron chi connectivity index (χ1n) is 4.37. The predicted molar refractivity (Wildman–Crippen MR) is 55.8 cm³/mol. The van der Waals surface area contributed by atoms with Crippen LogP contribution in [0.4, 0.5) is 0 Å². The molecule has 0 aromatic rings. The van der Waals surface area contributed by atoms with Crippen molar-refractivity contribution < 1.29 is 22.2 Å². The third-order valence-corrected chi connectivity index (χ3v) is 1.73. The fraction of sp³-hybridized carbons (Fsp3) is 0.167. The number of aliphatic hydroxyl groups excluding tert-OH is 1. The van der Waals surface area contributed by atoms with E-state index in [9.17, 15) is 0 Å². The molecule has 0 bridgehead atoms. The van der Waals surface area contributed by atoms with E-state index in [4.69, 9.17) is 5.11 Å². The van der Waals surface area contributed by atoms with Crippen LogP contribution in [0.2, 0.25) is 0 Å². The molecule has 0 unspecified atom stereocenters. The Kier molecular flexibility index (Phi) is 7.49. The van der Waals surface area contributed by atoms with Gasteiger partial charge >= 0.3 is 0 Å². The van der Waals surface area contributed by atoms with Crippen LogP contribution >= 0.6 is 0 Å². The first-order chi connectivity index (χ1) is 6.30. The third kappa shape index (κ3) is 5.23. The Balaban J connectivity index is 0.000000246. The zero-order valence-electron chi connectivity index (χ0n) is 8.07. The zero-order chi connectivity index (χ0) is 9.52. The van der Waals surface area contributed by atoms with Crippen molar-refractivity contribution >= 4 is 0 Å². The van der Waals surface area contributed by atoms with Gasteiger partial charge in [-0.15, -0.1) is 0 Å². The number of aliphatic hydroxyl groups is 1. The monoisotopic (exact) mass is 230 g/mol. The summed E-state index contributed by atoms with van der Waals surface area (Å²) < 4.78 is 0. The summed E-state index contributed by atoms with van der Waals surface area (Å²) in [5, 5.41) is 8.91. The van der Waals surface area contributed by atoms with Crippen molar-refractivity contribution in [2.24, 2.45) is 0 Å². The Labute approximate surface area is 96.4 Å². The van der Waals surface area contributed by atoms with Crippen molar-refractivity contribution in [2.45, 2.75) is 13.0 Å². The van der Waals surface area contributed by atoms with Gasteiger partial charge in [-0.1, -0.05) is 42.5 Å². The minimum absolute atomic E-state index is 0. The van der Waals surface area contributed by atoms with Gasteiger partial charge in [-0.05, 0) is 12.5 Å². The summed E-state index contributed by atoms with van der Waals surface area (Å²) in [5.41, 5.74) is 0.991. The van der Waals surface area contributed by atoms with Gasteiger partial charge in [0.2, 0.25) is 0 Å². The van der Waals surface area contributed by atoms with Crippen molar-refractivity contribution in [3.05, 3.63) is 60.9 Å². The van der Waals surface area contributed by atoms with Crippen LogP contribution in [0.25, 0.3) is 0 Å². The van der Waals surface area contributed by atoms with E-state index >= 15 is 0 Å². The van der Waals surface area contributed by atoms with Crippen molar-refractivity contribution in [1.29, 1.82) is 0 Å². The molecule has 1 nitrogen and oxygen atoms in total. The summed E-state index contributed by atoms with van der Waals surface area (Å²) >= 11 is 0. The quantitative estimate of drug-likeness (QED) is 0.685. The van der Waals surface area contributed by atoms with Crippen LogP contribution in [0.3, 0.4) is 0 Å². The number of hydrogen-bond acceptors (Lipinski definition) is 1. The molecular weight excluding hydrogens is 216 g/mol. The molecule has 14 heavy (non-hydrogen) atoms. The van der Waals surface area contributed by atoms with Crippen LogP contribution in [-0.4, -0.2) is 11.2 Å². The molecule has 0 aromatic heterocycles. The summed E-state index contributed by atoms with van der Waals surface area (Å²) in [5.74, 6) is 0. The van der Waals surface area contributed by atoms with Gasteiger partial charge in [-0.25, -0.2) is 0 Å². The molecule has 0 spiro atoms. The average molecular weight is 230 g/mol. The normalized spacial score (nSPS) is 18.3. The van der Waals surface area contributed by atoms with E-state index in [1.807, 2.05) is 55.4 Å². The van der Waals surface area contributed by atoms with E-state index in [2.05, 4.69) is 0 Å². The maximum Gasteiger partial charge on any atom is 0.0758 e. The summed E-state index contributed by atoms with van der Waals surface area (Å²) in [6.07, 6.45) is 17.3. The van der Waals surface area contributed by atoms with Crippen LogP contribution in [0.15, 0.2) is 48.1 Å². The van der Waals surface area contributed by atoms with Crippen molar-refractivity contribution in [3.8, 4) is 0 Å². The predicted octanol–water partition coefficient (Wildman–Crippen LogP) is 2.38. The molecular formula is C12H14FeO. The molecule has 2 heteroatoms. The maximum absolute atomic E-state index is 8.91. The smallest absolute Gasteiger partial charge is 0.0758 e. The number of allylic oxidation sites excluding steroid dienone is 6.